The summed E-state index contributed by atoms with van der Waals surface area (Å²) in [5.41, 5.74) is 3.40. The summed E-state index contributed by atoms with van der Waals surface area (Å²) in [6.07, 6.45) is 4.42. The lowest BCUT2D eigenvalue weighted by molar-refractivity contribution is -0.117. The lowest BCUT2D eigenvalue weighted by Gasteiger charge is -2.17. The van der Waals surface area contributed by atoms with Crippen molar-refractivity contribution in [3.05, 3.63) is 51.7 Å². The first-order valence-electron chi connectivity index (χ1n) is 7.95. The molecule has 0 atom stereocenters. The maximum atomic E-state index is 12.2. The summed E-state index contributed by atoms with van der Waals surface area (Å²) in [6, 6.07) is 9.73. The molecule has 6 heteroatoms. The van der Waals surface area contributed by atoms with Crippen molar-refractivity contribution in [2.75, 3.05) is 5.32 Å². The Balaban J connectivity index is 1.89. The molecule has 3 rings (SSSR count). The quantitative estimate of drug-likeness (QED) is 0.524. The van der Waals surface area contributed by atoms with Gasteiger partial charge in [0.25, 0.3) is 0 Å². The molecule has 0 spiro atoms. The van der Waals surface area contributed by atoms with Crippen LogP contribution in [0.2, 0.25) is 0 Å². The highest BCUT2D eigenvalue weighted by atomic mass is 79.9. The first-order chi connectivity index (χ1) is 11.7. The summed E-state index contributed by atoms with van der Waals surface area (Å²) in [7, 11) is 0. The fraction of sp³-hybridized carbons (Fsp3) is 0.263. The molecule has 0 radical (unpaired) electrons. The number of nitrogens with zero attached hydrogens (tertiary/aromatic N) is 2. The summed E-state index contributed by atoms with van der Waals surface area (Å²) < 4.78 is 3.86. The van der Waals surface area contributed by atoms with Gasteiger partial charge in [-0.1, -0.05) is 32.9 Å². The van der Waals surface area contributed by atoms with Gasteiger partial charge >= 0.3 is 0 Å². The summed E-state index contributed by atoms with van der Waals surface area (Å²) >= 11 is 7.02. The number of hydrogen-bond acceptors (Lipinski definition) is 2. The predicted molar refractivity (Wildman–Crippen MR) is 109 cm³/mol. The van der Waals surface area contributed by atoms with Gasteiger partial charge in [-0.15, -0.1) is 0 Å². The van der Waals surface area contributed by atoms with Crippen LogP contribution in [0.3, 0.4) is 0 Å². The molecule has 1 amide bonds. The van der Waals surface area contributed by atoms with Crippen molar-refractivity contribution in [3.63, 3.8) is 0 Å². The van der Waals surface area contributed by atoms with Crippen LogP contribution >= 0.6 is 31.9 Å². The molecule has 0 saturated carbocycles. The van der Waals surface area contributed by atoms with Crippen LogP contribution in [0.1, 0.15) is 27.2 Å². The Bertz CT molecular complexity index is 941. The molecule has 0 saturated heterocycles. The van der Waals surface area contributed by atoms with Crippen molar-refractivity contribution in [3.8, 4) is 11.3 Å². The van der Waals surface area contributed by atoms with Gasteiger partial charge in [-0.2, -0.15) is 0 Å². The fourth-order valence-corrected chi connectivity index (χ4v) is 3.90. The van der Waals surface area contributed by atoms with E-state index in [0.29, 0.717) is 6.42 Å². The van der Waals surface area contributed by atoms with Crippen LogP contribution < -0.4 is 5.32 Å². The van der Waals surface area contributed by atoms with E-state index < -0.39 is 0 Å². The van der Waals surface area contributed by atoms with Gasteiger partial charge in [-0.3, -0.25) is 4.79 Å². The number of carbonyl (C=O) groups excluding carboxylic acids is 1. The number of imidazole rings is 1. The van der Waals surface area contributed by atoms with Gasteiger partial charge in [-0.25, -0.2) is 4.98 Å². The summed E-state index contributed by atoms with van der Waals surface area (Å²) in [5, 5.41) is 2.97. The highest BCUT2D eigenvalue weighted by Gasteiger charge is 2.16. The first kappa shape index (κ1) is 18.1. The third kappa shape index (κ3) is 4.50. The summed E-state index contributed by atoms with van der Waals surface area (Å²) in [6.45, 7) is 6.15. The van der Waals surface area contributed by atoms with Gasteiger partial charge in [0.15, 0.2) is 5.65 Å². The zero-order chi connectivity index (χ0) is 18.2. The minimum atomic E-state index is -0.0387. The Morgan fingerprint density at radius 1 is 1.20 bits per heavy atom. The molecule has 0 aliphatic carbocycles. The molecule has 0 bridgehead atoms. The molecule has 130 valence electrons. The van der Waals surface area contributed by atoms with Crippen molar-refractivity contribution in [2.45, 2.75) is 27.2 Å². The number of rotatable bonds is 3. The monoisotopic (exact) mass is 463 g/mol. The predicted octanol–water partition coefficient (Wildman–Crippen LogP) is 5.90. The van der Waals surface area contributed by atoms with Gasteiger partial charge in [0.1, 0.15) is 0 Å². The minimum absolute atomic E-state index is 0.0197. The average Bonchev–Trinajstić information content (AvgIpc) is 2.89. The Hall–Kier alpha value is -1.66. The number of carbonyl (C=O) groups is 1. The van der Waals surface area contributed by atoms with Crippen molar-refractivity contribution in [1.82, 2.24) is 9.38 Å². The molecule has 1 N–H and O–H groups in total. The molecule has 25 heavy (non-hydrogen) atoms. The maximum absolute atomic E-state index is 12.2. The number of fused-ring (bicyclic) bond motifs is 1. The maximum Gasteiger partial charge on any atom is 0.224 e. The lowest BCUT2D eigenvalue weighted by Crippen LogP contribution is -2.19. The van der Waals surface area contributed by atoms with Gasteiger partial charge in [0.05, 0.1) is 10.2 Å². The van der Waals surface area contributed by atoms with Crippen molar-refractivity contribution in [1.29, 1.82) is 0 Å². The number of hydrogen-bond donors (Lipinski definition) is 1. The zero-order valence-corrected chi connectivity index (χ0v) is 17.5. The van der Waals surface area contributed by atoms with Crippen LogP contribution in [0.4, 0.5) is 5.69 Å². The second-order valence-electron chi connectivity index (χ2n) is 7.23. The third-order valence-corrected chi connectivity index (χ3v) is 4.62. The Kier molecular flexibility index (Phi) is 5.02. The second-order valence-corrected chi connectivity index (χ2v) is 9.00. The average molecular weight is 465 g/mol. The van der Waals surface area contributed by atoms with E-state index in [1.165, 1.54) is 0 Å². The number of aromatic nitrogens is 2. The van der Waals surface area contributed by atoms with Crippen LogP contribution in [-0.2, 0) is 4.79 Å². The van der Waals surface area contributed by atoms with E-state index in [2.05, 4.69) is 62.9 Å². The van der Waals surface area contributed by atoms with E-state index in [1.54, 1.807) is 0 Å². The first-order valence-corrected chi connectivity index (χ1v) is 9.54. The standard InChI is InChI=1S/C19H19Br2N3O/c1-19(2,3)9-17(25)22-14-6-4-5-12(7-14)16-11-24-10-13(20)8-15(21)18(24)23-16/h4-8,10-11H,9H2,1-3H3,(H,22,25). The molecular weight excluding hydrogens is 446 g/mol. The Morgan fingerprint density at radius 3 is 2.68 bits per heavy atom. The van der Waals surface area contributed by atoms with E-state index in [4.69, 9.17) is 0 Å². The van der Waals surface area contributed by atoms with Crippen molar-refractivity contribution < 1.29 is 4.79 Å². The van der Waals surface area contributed by atoms with Crippen LogP contribution in [-0.4, -0.2) is 15.3 Å². The Labute approximate surface area is 163 Å². The van der Waals surface area contributed by atoms with Crippen LogP contribution in [0, 0.1) is 5.41 Å². The number of nitrogens with one attached hydrogen (secondary N) is 1. The molecule has 0 aliphatic rings. The summed E-state index contributed by atoms with van der Waals surface area (Å²) in [5.74, 6) is 0.0197. The molecule has 3 aromatic rings. The SMILES string of the molecule is CC(C)(C)CC(=O)Nc1cccc(-c2cn3cc(Br)cc(Br)c3n2)c1. The molecule has 0 fully saturated rings. The molecule has 0 unspecified atom stereocenters. The van der Waals surface area contributed by atoms with E-state index in [9.17, 15) is 4.79 Å². The zero-order valence-electron chi connectivity index (χ0n) is 14.3. The largest absolute Gasteiger partial charge is 0.326 e. The number of amides is 1. The number of anilines is 1. The van der Waals surface area contributed by atoms with Gasteiger partial charge < -0.3 is 9.72 Å². The Morgan fingerprint density at radius 2 is 1.96 bits per heavy atom. The topological polar surface area (TPSA) is 46.4 Å². The van der Waals surface area contributed by atoms with E-state index in [-0.39, 0.29) is 11.3 Å². The molecular formula is C19H19Br2N3O. The number of pyridine rings is 1. The summed E-state index contributed by atoms with van der Waals surface area (Å²) in [4.78, 5) is 16.8. The highest BCUT2D eigenvalue weighted by Crippen LogP contribution is 2.28. The van der Waals surface area contributed by atoms with Crippen LogP contribution in [0.25, 0.3) is 16.9 Å². The normalized spacial score (nSPS) is 11.7. The fourth-order valence-electron chi connectivity index (χ4n) is 2.61. The van der Waals surface area contributed by atoms with Gasteiger partial charge in [0, 0.05) is 34.5 Å². The van der Waals surface area contributed by atoms with E-state index in [1.807, 2.05) is 47.1 Å². The number of halogens is 2. The molecule has 0 aliphatic heterocycles. The van der Waals surface area contributed by atoms with Gasteiger partial charge in [-0.05, 0) is 55.5 Å². The molecule has 4 nitrogen and oxygen atoms in total. The molecule has 1 aromatic carbocycles. The highest BCUT2D eigenvalue weighted by molar-refractivity contribution is 9.11. The third-order valence-electron chi connectivity index (χ3n) is 3.61. The minimum Gasteiger partial charge on any atom is -0.326 e. The van der Waals surface area contributed by atoms with E-state index >= 15 is 0 Å². The van der Waals surface area contributed by atoms with Crippen LogP contribution in [0.5, 0.6) is 0 Å². The number of benzene rings is 1. The molecule has 2 aromatic heterocycles. The molecule has 2 heterocycles. The lowest BCUT2D eigenvalue weighted by atomic mass is 9.92. The van der Waals surface area contributed by atoms with Gasteiger partial charge in [0.2, 0.25) is 5.91 Å². The van der Waals surface area contributed by atoms with Crippen molar-refractivity contribution >= 4 is 49.1 Å². The van der Waals surface area contributed by atoms with E-state index in [0.717, 1.165) is 31.5 Å². The second kappa shape index (κ2) is 6.92. The smallest absolute Gasteiger partial charge is 0.224 e. The van der Waals surface area contributed by atoms with Crippen molar-refractivity contribution in [2.24, 2.45) is 5.41 Å². The van der Waals surface area contributed by atoms with Crippen LogP contribution in [0.15, 0.2) is 51.7 Å².